The summed E-state index contributed by atoms with van der Waals surface area (Å²) >= 11 is 0. The highest BCUT2D eigenvalue weighted by atomic mass is 16.6. The molecule has 2 aliphatic carbocycles. The van der Waals surface area contributed by atoms with Crippen LogP contribution in [-0.2, 0) is 6.54 Å². The molecule has 29 heavy (non-hydrogen) atoms. The van der Waals surface area contributed by atoms with Gasteiger partial charge in [0.1, 0.15) is 0 Å². The Morgan fingerprint density at radius 1 is 1.10 bits per heavy atom. The number of amides is 2. The third kappa shape index (κ3) is 4.29. The number of rotatable bonds is 7. The molecule has 2 aliphatic rings. The van der Waals surface area contributed by atoms with Crippen LogP contribution in [0.25, 0.3) is 0 Å². The van der Waals surface area contributed by atoms with Crippen molar-refractivity contribution in [1.82, 2.24) is 10.2 Å². The van der Waals surface area contributed by atoms with Crippen molar-refractivity contribution in [1.29, 1.82) is 0 Å². The molecule has 2 aromatic carbocycles. The molecule has 0 spiro atoms. The summed E-state index contributed by atoms with van der Waals surface area (Å²) in [6.07, 6.45) is 3.95. The second-order valence-corrected chi connectivity index (χ2v) is 7.82. The monoisotopic (exact) mass is 393 g/mol. The lowest BCUT2D eigenvalue weighted by Gasteiger charge is -2.23. The molecule has 2 fully saturated rings. The Bertz CT molecular complexity index is 963. The van der Waals surface area contributed by atoms with Crippen molar-refractivity contribution in [3.8, 4) is 0 Å². The number of hydrogen-bond acceptors (Lipinski definition) is 4. The smallest absolute Gasteiger partial charge is 0.273 e. The van der Waals surface area contributed by atoms with Crippen LogP contribution in [0.1, 0.15) is 57.5 Å². The normalized spacial score (nSPS) is 15.6. The summed E-state index contributed by atoms with van der Waals surface area (Å²) in [4.78, 5) is 37.8. The van der Waals surface area contributed by atoms with E-state index in [0.717, 1.165) is 31.2 Å². The average Bonchev–Trinajstić information content (AvgIpc) is 3.60. The number of carbonyl (C=O) groups is 2. The first-order chi connectivity index (χ1) is 13.9. The van der Waals surface area contributed by atoms with Crippen LogP contribution >= 0.6 is 0 Å². The van der Waals surface area contributed by atoms with Crippen LogP contribution in [-0.4, -0.2) is 33.7 Å². The zero-order valence-corrected chi connectivity index (χ0v) is 16.3. The quantitative estimate of drug-likeness (QED) is 0.575. The molecule has 150 valence electrons. The summed E-state index contributed by atoms with van der Waals surface area (Å²) < 4.78 is 0. The highest BCUT2D eigenvalue weighted by Gasteiger charge is 2.34. The van der Waals surface area contributed by atoms with E-state index in [9.17, 15) is 19.7 Å². The maximum atomic E-state index is 13.2. The SMILES string of the molecule is Cc1c(C(=O)N(Cc2ccc(C(=O)NC3CC3)cc2)C2CC2)cccc1[N+](=O)[O-]. The summed E-state index contributed by atoms with van der Waals surface area (Å²) in [7, 11) is 0. The molecule has 7 heteroatoms. The number of nitro groups is 1. The van der Waals surface area contributed by atoms with Gasteiger partial charge in [0.25, 0.3) is 17.5 Å². The average molecular weight is 393 g/mol. The second kappa shape index (κ2) is 7.66. The van der Waals surface area contributed by atoms with E-state index in [1.54, 1.807) is 36.1 Å². The van der Waals surface area contributed by atoms with Crippen LogP contribution in [0.5, 0.6) is 0 Å². The maximum Gasteiger partial charge on any atom is 0.273 e. The van der Waals surface area contributed by atoms with E-state index in [1.165, 1.54) is 6.07 Å². The van der Waals surface area contributed by atoms with Gasteiger partial charge < -0.3 is 10.2 Å². The third-order valence-electron chi connectivity index (χ3n) is 5.46. The number of carbonyl (C=O) groups excluding carboxylic acids is 2. The summed E-state index contributed by atoms with van der Waals surface area (Å²) in [6.45, 7) is 2.03. The fourth-order valence-electron chi connectivity index (χ4n) is 3.42. The molecule has 2 amide bonds. The Morgan fingerprint density at radius 3 is 2.38 bits per heavy atom. The molecule has 0 saturated heterocycles. The fourth-order valence-corrected chi connectivity index (χ4v) is 3.42. The highest BCUT2D eigenvalue weighted by Crippen LogP contribution is 2.32. The van der Waals surface area contributed by atoms with E-state index >= 15 is 0 Å². The van der Waals surface area contributed by atoms with Crippen LogP contribution < -0.4 is 5.32 Å². The molecule has 0 unspecified atom stereocenters. The van der Waals surface area contributed by atoms with E-state index in [0.29, 0.717) is 29.3 Å². The molecule has 0 heterocycles. The van der Waals surface area contributed by atoms with Crippen molar-refractivity contribution < 1.29 is 14.5 Å². The first-order valence-electron chi connectivity index (χ1n) is 9.89. The molecule has 0 atom stereocenters. The molecular formula is C22H23N3O4. The molecule has 0 bridgehead atoms. The van der Waals surface area contributed by atoms with Gasteiger partial charge in [0, 0.05) is 41.4 Å². The summed E-state index contributed by atoms with van der Waals surface area (Å²) in [5.41, 5.74) is 2.25. The lowest BCUT2D eigenvalue weighted by Crippen LogP contribution is -2.33. The third-order valence-corrected chi connectivity index (χ3v) is 5.46. The number of nitro benzene ring substituents is 1. The van der Waals surface area contributed by atoms with Gasteiger partial charge in [-0.25, -0.2) is 0 Å². The molecule has 0 aromatic heterocycles. The topological polar surface area (TPSA) is 92.6 Å². The lowest BCUT2D eigenvalue weighted by molar-refractivity contribution is -0.385. The predicted octanol–water partition coefficient (Wildman–Crippen LogP) is 3.60. The molecule has 0 radical (unpaired) electrons. The predicted molar refractivity (Wildman–Crippen MR) is 108 cm³/mol. The molecular weight excluding hydrogens is 370 g/mol. The van der Waals surface area contributed by atoms with Gasteiger partial charge in [-0.2, -0.15) is 0 Å². The Labute approximate surface area is 168 Å². The standard InChI is InChI=1S/C22H23N3O4/c1-14-19(3-2-4-20(14)25(28)29)22(27)24(18-11-12-18)13-15-5-7-16(8-6-15)21(26)23-17-9-10-17/h2-8,17-18H,9-13H2,1H3,(H,23,26). The molecule has 1 N–H and O–H groups in total. The summed E-state index contributed by atoms with van der Waals surface area (Å²) in [5, 5.41) is 14.2. The zero-order valence-electron chi connectivity index (χ0n) is 16.3. The van der Waals surface area contributed by atoms with Crippen molar-refractivity contribution in [2.24, 2.45) is 0 Å². The first kappa shape index (κ1) is 19.1. The number of nitrogens with one attached hydrogen (secondary N) is 1. The fraction of sp³-hybridized carbons (Fsp3) is 0.364. The highest BCUT2D eigenvalue weighted by molar-refractivity contribution is 5.97. The molecule has 4 rings (SSSR count). The van der Waals surface area contributed by atoms with Crippen molar-refractivity contribution in [2.75, 3.05) is 0 Å². The molecule has 2 aromatic rings. The van der Waals surface area contributed by atoms with Crippen molar-refractivity contribution in [2.45, 2.75) is 51.2 Å². The molecule has 2 saturated carbocycles. The van der Waals surface area contributed by atoms with Gasteiger partial charge in [0.15, 0.2) is 0 Å². The maximum absolute atomic E-state index is 13.2. The van der Waals surface area contributed by atoms with Gasteiger partial charge in [0.05, 0.1) is 4.92 Å². The van der Waals surface area contributed by atoms with Crippen molar-refractivity contribution >= 4 is 17.5 Å². The Balaban J connectivity index is 1.51. The van der Waals surface area contributed by atoms with Crippen LogP contribution in [0.2, 0.25) is 0 Å². The van der Waals surface area contributed by atoms with E-state index in [2.05, 4.69) is 5.32 Å². The van der Waals surface area contributed by atoms with E-state index in [1.807, 2.05) is 12.1 Å². The van der Waals surface area contributed by atoms with Crippen LogP contribution in [0.15, 0.2) is 42.5 Å². The van der Waals surface area contributed by atoms with E-state index < -0.39 is 4.92 Å². The summed E-state index contributed by atoms with van der Waals surface area (Å²) in [6, 6.07) is 12.4. The van der Waals surface area contributed by atoms with Gasteiger partial charge in [-0.05, 0) is 56.4 Å². The van der Waals surface area contributed by atoms with E-state index in [-0.39, 0.29) is 23.5 Å². The summed E-state index contributed by atoms with van der Waals surface area (Å²) in [5.74, 6) is -0.259. The van der Waals surface area contributed by atoms with Crippen LogP contribution in [0.4, 0.5) is 5.69 Å². The molecule has 7 nitrogen and oxygen atoms in total. The minimum atomic E-state index is -0.459. The molecule has 0 aliphatic heterocycles. The Hall–Kier alpha value is -3.22. The largest absolute Gasteiger partial charge is 0.349 e. The lowest BCUT2D eigenvalue weighted by atomic mass is 10.0. The van der Waals surface area contributed by atoms with Gasteiger partial charge in [-0.3, -0.25) is 19.7 Å². The second-order valence-electron chi connectivity index (χ2n) is 7.82. The van der Waals surface area contributed by atoms with Gasteiger partial charge in [0.2, 0.25) is 0 Å². The van der Waals surface area contributed by atoms with E-state index in [4.69, 9.17) is 0 Å². The van der Waals surface area contributed by atoms with Gasteiger partial charge in [-0.1, -0.05) is 18.2 Å². The number of benzene rings is 2. The number of hydrogen-bond donors (Lipinski definition) is 1. The van der Waals surface area contributed by atoms with Crippen LogP contribution in [0, 0.1) is 17.0 Å². The minimum Gasteiger partial charge on any atom is -0.349 e. The van der Waals surface area contributed by atoms with Crippen molar-refractivity contribution in [3.05, 3.63) is 74.8 Å². The van der Waals surface area contributed by atoms with Crippen molar-refractivity contribution in [3.63, 3.8) is 0 Å². The van der Waals surface area contributed by atoms with Gasteiger partial charge >= 0.3 is 0 Å². The van der Waals surface area contributed by atoms with Crippen LogP contribution in [0.3, 0.4) is 0 Å². The minimum absolute atomic E-state index is 0.0439. The zero-order chi connectivity index (χ0) is 20.5. The Kier molecular flexibility index (Phi) is 5.05. The van der Waals surface area contributed by atoms with Gasteiger partial charge in [-0.15, -0.1) is 0 Å². The Morgan fingerprint density at radius 2 is 1.79 bits per heavy atom. The first-order valence-corrected chi connectivity index (χ1v) is 9.89. The number of nitrogens with zero attached hydrogens (tertiary/aromatic N) is 2.